The van der Waals surface area contributed by atoms with Gasteiger partial charge in [-0.3, -0.25) is 0 Å². The van der Waals surface area contributed by atoms with Crippen LogP contribution in [0.2, 0.25) is 25.1 Å². The van der Waals surface area contributed by atoms with Crippen molar-refractivity contribution >= 4 is 58.0 Å². The fourth-order valence-electron chi connectivity index (χ4n) is 3.26. The number of rotatable bonds is 0. The van der Waals surface area contributed by atoms with Crippen LogP contribution < -0.4 is 14.2 Å². The summed E-state index contributed by atoms with van der Waals surface area (Å²) in [5.41, 5.74) is 1.21. The van der Waals surface area contributed by atoms with Gasteiger partial charge in [-0.15, -0.1) is 0 Å². The molecule has 2 heterocycles. The highest BCUT2D eigenvalue weighted by Crippen LogP contribution is 2.61. The summed E-state index contributed by atoms with van der Waals surface area (Å²) in [6.07, 6.45) is 0. The number of benzene rings is 3. The van der Waals surface area contributed by atoms with Crippen LogP contribution >= 0.6 is 58.0 Å². The van der Waals surface area contributed by atoms with Crippen LogP contribution in [0.4, 0.5) is 0 Å². The van der Waals surface area contributed by atoms with E-state index in [1.165, 1.54) is 0 Å². The molecule has 3 nitrogen and oxygen atoms in total. The van der Waals surface area contributed by atoms with E-state index in [1.807, 2.05) is 18.2 Å². The molecule has 0 radical (unpaired) electrons. The largest absolute Gasteiger partial charge is 0.455 e. The van der Waals surface area contributed by atoms with Crippen LogP contribution in [-0.4, -0.2) is 0 Å². The topological polar surface area (TPSA) is 27.7 Å². The second kappa shape index (κ2) is 6.00. The quantitative estimate of drug-likeness (QED) is 0.254. The van der Waals surface area contributed by atoms with E-state index >= 15 is 0 Å². The number of fused-ring (bicyclic) bond motifs is 5. The van der Waals surface area contributed by atoms with E-state index in [1.54, 1.807) is 24.3 Å². The predicted molar refractivity (Wildman–Crippen MR) is 106 cm³/mol. The van der Waals surface area contributed by atoms with Gasteiger partial charge in [0.1, 0.15) is 15.8 Å². The van der Waals surface area contributed by atoms with Gasteiger partial charge in [0.05, 0.1) is 26.2 Å². The predicted octanol–water partition coefficient (Wildman–Crippen LogP) is 7.73. The average Bonchev–Trinajstić information content (AvgIpc) is 3.08. The van der Waals surface area contributed by atoms with E-state index in [0.717, 1.165) is 0 Å². The minimum Gasteiger partial charge on any atom is -0.455 e. The molecule has 8 heteroatoms. The molecule has 0 aliphatic carbocycles. The van der Waals surface area contributed by atoms with Crippen LogP contribution in [0.25, 0.3) is 0 Å². The standard InChI is InChI=1S/C19H7Cl5O3/c20-10-6-3-5-9-16(10)25-11-7-2-1-4-8(11)19(9)26-17-14(23)12(21)13(22)15(24)18(17)27-19/h1-7H. The molecule has 2 aliphatic rings. The number of ether oxygens (including phenoxy) is 3. The monoisotopic (exact) mass is 458 g/mol. The lowest BCUT2D eigenvalue weighted by Crippen LogP contribution is -2.39. The van der Waals surface area contributed by atoms with Gasteiger partial charge in [0.2, 0.25) is 0 Å². The number of halogens is 5. The number of hydrogen-bond donors (Lipinski definition) is 0. The minimum absolute atomic E-state index is 0.0920. The second-order valence-electron chi connectivity index (χ2n) is 5.95. The van der Waals surface area contributed by atoms with Crippen molar-refractivity contribution in [1.29, 1.82) is 0 Å². The lowest BCUT2D eigenvalue weighted by Gasteiger charge is -2.35. The fourth-order valence-corrected chi connectivity index (χ4v) is 4.36. The van der Waals surface area contributed by atoms with Crippen molar-refractivity contribution in [2.24, 2.45) is 0 Å². The Kier molecular flexibility index (Phi) is 3.91. The first-order valence-electron chi connectivity index (χ1n) is 7.74. The normalized spacial score (nSPS) is 15.3. The van der Waals surface area contributed by atoms with Gasteiger partial charge in [-0.05, 0) is 24.3 Å². The number of hydrogen-bond acceptors (Lipinski definition) is 3. The summed E-state index contributed by atoms with van der Waals surface area (Å²) in [5.74, 6) is -0.0125. The molecule has 2 aliphatic heterocycles. The van der Waals surface area contributed by atoms with Crippen LogP contribution in [0, 0.1) is 0 Å². The Morgan fingerprint density at radius 2 is 1.19 bits per heavy atom. The number of para-hydroxylation sites is 2. The van der Waals surface area contributed by atoms with Gasteiger partial charge in [-0.2, -0.15) is 0 Å². The summed E-state index contributed by atoms with van der Waals surface area (Å²) < 4.78 is 18.5. The molecule has 5 rings (SSSR count). The third-order valence-corrected chi connectivity index (χ3v) is 6.51. The van der Waals surface area contributed by atoms with Gasteiger partial charge in [0, 0.05) is 0 Å². The van der Waals surface area contributed by atoms with Gasteiger partial charge in [0.25, 0.3) is 0 Å². The summed E-state index contributed by atoms with van der Waals surface area (Å²) in [6, 6.07) is 12.6. The van der Waals surface area contributed by atoms with Crippen LogP contribution in [0.5, 0.6) is 23.0 Å². The second-order valence-corrected chi connectivity index (χ2v) is 7.87. The van der Waals surface area contributed by atoms with Crippen molar-refractivity contribution < 1.29 is 14.2 Å². The third kappa shape index (κ3) is 2.30. The lowest BCUT2D eigenvalue weighted by atomic mass is 9.93. The van der Waals surface area contributed by atoms with Gasteiger partial charge in [-0.25, -0.2) is 0 Å². The zero-order valence-corrected chi connectivity index (χ0v) is 16.9. The Morgan fingerprint density at radius 1 is 0.593 bits per heavy atom. The van der Waals surface area contributed by atoms with Crippen LogP contribution in [-0.2, 0) is 5.79 Å². The van der Waals surface area contributed by atoms with Crippen LogP contribution in [0.3, 0.4) is 0 Å². The zero-order valence-electron chi connectivity index (χ0n) is 13.2. The Bertz CT molecular complexity index is 1090. The Hall–Kier alpha value is -1.49. The molecule has 3 aromatic rings. The summed E-state index contributed by atoms with van der Waals surface area (Å²) in [5, 5.41) is 0.831. The van der Waals surface area contributed by atoms with Gasteiger partial charge < -0.3 is 14.2 Å². The maximum absolute atomic E-state index is 6.37. The van der Waals surface area contributed by atoms with Crippen molar-refractivity contribution in [2.45, 2.75) is 5.79 Å². The molecule has 0 saturated carbocycles. The first kappa shape index (κ1) is 17.6. The molecule has 3 aromatic carbocycles. The Morgan fingerprint density at radius 3 is 1.85 bits per heavy atom. The third-order valence-electron chi connectivity index (χ3n) is 4.45. The molecular weight excluding hydrogens is 453 g/mol. The Balaban J connectivity index is 1.83. The van der Waals surface area contributed by atoms with Crippen molar-refractivity contribution in [1.82, 2.24) is 0 Å². The van der Waals surface area contributed by atoms with E-state index in [2.05, 4.69) is 0 Å². The van der Waals surface area contributed by atoms with Crippen LogP contribution in [0.1, 0.15) is 11.1 Å². The first-order chi connectivity index (χ1) is 12.9. The van der Waals surface area contributed by atoms with Crippen molar-refractivity contribution in [3.05, 3.63) is 78.7 Å². The maximum atomic E-state index is 6.37. The first-order valence-corrected chi connectivity index (χ1v) is 9.63. The lowest BCUT2D eigenvalue weighted by molar-refractivity contribution is -0.0528. The van der Waals surface area contributed by atoms with Crippen molar-refractivity contribution in [3.63, 3.8) is 0 Å². The van der Waals surface area contributed by atoms with Gasteiger partial charge >= 0.3 is 5.79 Å². The van der Waals surface area contributed by atoms with E-state index < -0.39 is 5.79 Å². The fraction of sp³-hybridized carbons (Fsp3) is 0.0526. The Labute approximate surface area is 179 Å². The van der Waals surface area contributed by atoms with Gasteiger partial charge in [0.15, 0.2) is 17.2 Å². The molecule has 0 atom stereocenters. The molecule has 27 heavy (non-hydrogen) atoms. The molecule has 0 unspecified atom stereocenters. The highest BCUT2D eigenvalue weighted by atomic mass is 35.5. The highest BCUT2D eigenvalue weighted by molar-refractivity contribution is 6.53. The van der Waals surface area contributed by atoms with E-state index in [0.29, 0.717) is 27.6 Å². The summed E-state index contributed by atoms with van der Waals surface area (Å²) in [7, 11) is 0. The van der Waals surface area contributed by atoms with Crippen LogP contribution in [0.15, 0.2) is 42.5 Å². The minimum atomic E-state index is -1.39. The van der Waals surface area contributed by atoms with E-state index in [9.17, 15) is 0 Å². The van der Waals surface area contributed by atoms with E-state index in [-0.39, 0.29) is 31.6 Å². The summed E-state index contributed by atoms with van der Waals surface area (Å²) in [6.45, 7) is 0. The molecule has 0 bridgehead atoms. The molecule has 136 valence electrons. The summed E-state index contributed by atoms with van der Waals surface area (Å²) in [4.78, 5) is 0. The molecular formula is C19H7Cl5O3. The smallest absolute Gasteiger partial charge is 0.313 e. The van der Waals surface area contributed by atoms with Crippen molar-refractivity contribution in [2.75, 3.05) is 0 Å². The molecule has 0 N–H and O–H groups in total. The summed E-state index contributed by atoms with van der Waals surface area (Å²) >= 11 is 31.5. The maximum Gasteiger partial charge on any atom is 0.313 e. The molecule has 1 spiro atoms. The zero-order chi connectivity index (χ0) is 18.9. The van der Waals surface area contributed by atoms with E-state index in [4.69, 9.17) is 72.2 Å². The molecule has 0 fully saturated rings. The molecule has 0 saturated heterocycles. The highest BCUT2D eigenvalue weighted by Gasteiger charge is 2.53. The van der Waals surface area contributed by atoms with Gasteiger partial charge in [-0.1, -0.05) is 76.2 Å². The molecule has 0 amide bonds. The SMILES string of the molecule is Clc1cccc2c1Oc1ccccc1C21Oc2c(Cl)c(Cl)c(Cl)c(Cl)c2O1. The van der Waals surface area contributed by atoms with Crippen molar-refractivity contribution in [3.8, 4) is 23.0 Å². The molecule has 0 aromatic heterocycles. The average molecular weight is 461 g/mol.